The number of benzene rings is 1. The smallest absolute Gasteiger partial charge is 0.268 e. The van der Waals surface area contributed by atoms with Gasteiger partial charge >= 0.3 is 0 Å². The van der Waals surface area contributed by atoms with Crippen LogP contribution in [0.1, 0.15) is 17.5 Å². The number of nitrogens with one attached hydrogen (secondary N) is 1. The highest BCUT2D eigenvalue weighted by atomic mass is 16.1. The van der Waals surface area contributed by atoms with E-state index in [-0.39, 0.29) is 5.56 Å². The highest BCUT2D eigenvalue weighted by Gasteiger charge is 2.26. The standard InChI is InChI=1S/C19H24N4O/c1-22-19(24)10-18(12-21-22)23-7-6-14(13-23)11-20-17-8-15-4-2-3-5-16(15)9-17/h2-5,10,12,14,17,20H,6-9,11,13H2,1H3. The molecule has 2 aromatic rings. The van der Waals surface area contributed by atoms with Crippen LogP contribution in [0.5, 0.6) is 0 Å². The summed E-state index contributed by atoms with van der Waals surface area (Å²) in [5.41, 5.74) is 3.90. The van der Waals surface area contributed by atoms with Crippen molar-refractivity contribution in [3.63, 3.8) is 0 Å². The van der Waals surface area contributed by atoms with Crippen LogP contribution in [0.25, 0.3) is 0 Å². The first kappa shape index (κ1) is 15.4. The average molecular weight is 324 g/mol. The van der Waals surface area contributed by atoms with Crippen molar-refractivity contribution in [1.29, 1.82) is 0 Å². The highest BCUT2D eigenvalue weighted by Crippen LogP contribution is 2.24. The third kappa shape index (κ3) is 3.08. The molecular formula is C19H24N4O. The summed E-state index contributed by atoms with van der Waals surface area (Å²) in [4.78, 5) is 14.0. The van der Waals surface area contributed by atoms with Gasteiger partial charge in [-0.15, -0.1) is 0 Å². The second-order valence-electron chi connectivity index (χ2n) is 7.06. The summed E-state index contributed by atoms with van der Waals surface area (Å²) < 4.78 is 1.37. The van der Waals surface area contributed by atoms with Gasteiger partial charge in [-0.05, 0) is 42.9 Å². The van der Waals surface area contributed by atoms with E-state index in [1.807, 2.05) is 0 Å². The van der Waals surface area contributed by atoms with Crippen LogP contribution < -0.4 is 15.8 Å². The molecule has 1 N–H and O–H groups in total. The van der Waals surface area contributed by atoms with Crippen LogP contribution >= 0.6 is 0 Å². The van der Waals surface area contributed by atoms with Crippen LogP contribution in [-0.2, 0) is 19.9 Å². The predicted octanol–water partition coefficient (Wildman–Crippen LogP) is 1.36. The SMILES string of the molecule is Cn1ncc(N2CCC(CNC3Cc4ccccc4C3)C2)cc1=O. The zero-order valence-electron chi connectivity index (χ0n) is 14.1. The number of hydrogen-bond acceptors (Lipinski definition) is 4. The fourth-order valence-electron chi connectivity index (χ4n) is 3.90. The Morgan fingerprint density at radius 2 is 2.00 bits per heavy atom. The first-order valence-electron chi connectivity index (χ1n) is 8.77. The maximum Gasteiger partial charge on any atom is 0.268 e. The van der Waals surface area contributed by atoms with Gasteiger partial charge in [-0.2, -0.15) is 5.10 Å². The number of rotatable bonds is 4. The van der Waals surface area contributed by atoms with Gasteiger partial charge in [-0.3, -0.25) is 4.79 Å². The Bertz CT molecular complexity index is 760. The van der Waals surface area contributed by atoms with E-state index in [2.05, 4.69) is 39.6 Å². The number of aromatic nitrogens is 2. The van der Waals surface area contributed by atoms with Gasteiger partial charge in [0, 0.05) is 32.2 Å². The topological polar surface area (TPSA) is 50.2 Å². The van der Waals surface area contributed by atoms with Crippen LogP contribution in [0.15, 0.2) is 41.3 Å². The van der Waals surface area contributed by atoms with Gasteiger partial charge in [-0.1, -0.05) is 24.3 Å². The second kappa shape index (κ2) is 6.40. The first-order chi connectivity index (χ1) is 11.7. The fourth-order valence-corrected chi connectivity index (χ4v) is 3.90. The molecule has 4 rings (SSSR count). The Labute approximate surface area is 142 Å². The van der Waals surface area contributed by atoms with E-state index in [9.17, 15) is 4.79 Å². The molecular weight excluding hydrogens is 300 g/mol. The number of nitrogens with zero attached hydrogens (tertiary/aromatic N) is 3. The van der Waals surface area contributed by atoms with Crippen LogP contribution in [0, 0.1) is 5.92 Å². The number of aryl methyl sites for hydroxylation is 1. The summed E-state index contributed by atoms with van der Waals surface area (Å²) >= 11 is 0. The molecule has 1 aromatic carbocycles. The Balaban J connectivity index is 1.30. The van der Waals surface area contributed by atoms with Crippen molar-refractivity contribution >= 4 is 5.69 Å². The lowest BCUT2D eigenvalue weighted by Gasteiger charge is -2.19. The molecule has 0 spiro atoms. The largest absolute Gasteiger partial charge is 0.370 e. The van der Waals surface area contributed by atoms with Gasteiger partial charge < -0.3 is 10.2 Å². The van der Waals surface area contributed by atoms with E-state index in [1.165, 1.54) is 22.2 Å². The first-order valence-corrected chi connectivity index (χ1v) is 8.77. The van der Waals surface area contributed by atoms with E-state index < -0.39 is 0 Å². The molecule has 0 amide bonds. The number of hydrogen-bond donors (Lipinski definition) is 1. The highest BCUT2D eigenvalue weighted by molar-refractivity contribution is 5.44. The summed E-state index contributed by atoms with van der Waals surface area (Å²) in [5, 5.41) is 7.88. The van der Waals surface area contributed by atoms with Crippen LogP contribution in [0.4, 0.5) is 5.69 Å². The van der Waals surface area contributed by atoms with E-state index in [0.717, 1.165) is 38.2 Å². The fraction of sp³-hybridized carbons (Fsp3) is 0.474. The Morgan fingerprint density at radius 1 is 1.25 bits per heavy atom. The lowest BCUT2D eigenvalue weighted by atomic mass is 10.1. The van der Waals surface area contributed by atoms with Crippen molar-refractivity contribution in [2.75, 3.05) is 24.5 Å². The van der Waals surface area contributed by atoms with E-state index >= 15 is 0 Å². The minimum absolute atomic E-state index is 0.0437. The maximum atomic E-state index is 11.7. The van der Waals surface area contributed by atoms with Crippen LogP contribution in [-0.4, -0.2) is 35.5 Å². The number of anilines is 1. The van der Waals surface area contributed by atoms with Gasteiger partial charge in [0.25, 0.3) is 5.56 Å². The molecule has 2 heterocycles. The van der Waals surface area contributed by atoms with Crippen LogP contribution in [0.3, 0.4) is 0 Å². The molecule has 0 radical (unpaired) electrons. The number of fused-ring (bicyclic) bond motifs is 1. The summed E-state index contributed by atoms with van der Waals surface area (Å²) in [7, 11) is 1.68. The van der Waals surface area contributed by atoms with Gasteiger partial charge in [0.15, 0.2) is 0 Å². The van der Waals surface area contributed by atoms with Crippen molar-refractivity contribution in [2.24, 2.45) is 13.0 Å². The minimum atomic E-state index is -0.0437. The van der Waals surface area contributed by atoms with E-state index in [4.69, 9.17) is 0 Å². The summed E-state index contributed by atoms with van der Waals surface area (Å²) in [5.74, 6) is 0.637. The molecule has 1 fully saturated rings. The maximum absolute atomic E-state index is 11.7. The van der Waals surface area contributed by atoms with Crippen molar-refractivity contribution in [1.82, 2.24) is 15.1 Å². The lowest BCUT2D eigenvalue weighted by Crippen LogP contribution is -2.35. The zero-order valence-corrected chi connectivity index (χ0v) is 14.1. The Hall–Kier alpha value is -2.14. The zero-order chi connectivity index (χ0) is 16.5. The van der Waals surface area contributed by atoms with Gasteiger partial charge in [0.05, 0.1) is 11.9 Å². The quantitative estimate of drug-likeness (QED) is 0.923. The normalized spacial score (nSPS) is 20.5. The minimum Gasteiger partial charge on any atom is -0.370 e. The average Bonchev–Trinajstić information content (AvgIpc) is 3.21. The van der Waals surface area contributed by atoms with E-state index in [1.54, 1.807) is 19.3 Å². The molecule has 1 aliphatic heterocycles. The third-order valence-corrected chi connectivity index (χ3v) is 5.35. The molecule has 1 atom stereocenters. The molecule has 2 aliphatic rings. The molecule has 126 valence electrons. The van der Waals surface area contributed by atoms with Gasteiger partial charge in [0.2, 0.25) is 0 Å². The molecule has 1 aliphatic carbocycles. The molecule has 24 heavy (non-hydrogen) atoms. The predicted molar refractivity (Wildman–Crippen MR) is 95.4 cm³/mol. The van der Waals surface area contributed by atoms with Gasteiger partial charge in [0.1, 0.15) is 0 Å². The molecule has 0 bridgehead atoms. The molecule has 1 unspecified atom stereocenters. The lowest BCUT2D eigenvalue weighted by molar-refractivity contribution is 0.455. The summed E-state index contributed by atoms with van der Waals surface area (Å²) in [6, 6.07) is 11.0. The molecule has 1 aromatic heterocycles. The monoisotopic (exact) mass is 324 g/mol. The van der Waals surface area contributed by atoms with Crippen molar-refractivity contribution in [3.8, 4) is 0 Å². The van der Waals surface area contributed by atoms with Crippen molar-refractivity contribution < 1.29 is 0 Å². The Morgan fingerprint density at radius 3 is 2.71 bits per heavy atom. The molecule has 0 saturated carbocycles. The molecule has 5 heteroatoms. The van der Waals surface area contributed by atoms with Gasteiger partial charge in [-0.25, -0.2) is 4.68 Å². The summed E-state index contributed by atoms with van der Waals surface area (Å²) in [6.45, 7) is 3.06. The second-order valence-corrected chi connectivity index (χ2v) is 7.06. The third-order valence-electron chi connectivity index (χ3n) is 5.35. The van der Waals surface area contributed by atoms with E-state index in [0.29, 0.717) is 12.0 Å². The van der Waals surface area contributed by atoms with Crippen LogP contribution in [0.2, 0.25) is 0 Å². The van der Waals surface area contributed by atoms with Crippen molar-refractivity contribution in [2.45, 2.75) is 25.3 Å². The summed E-state index contributed by atoms with van der Waals surface area (Å²) in [6.07, 6.45) is 5.25. The molecule has 1 saturated heterocycles. The Kier molecular flexibility index (Phi) is 4.10. The van der Waals surface area contributed by atoms with Crippen molar-refractivity contribution in [3.05, 3.63) is 58.0 Å². The molecule has 5 nitrogen and oxygen atoms in total.